The molecule has 0 atom stereocenters. The highest BCUT2D eigenvalue weighted by Crippen LogP contribution is 2.24. The Morgan fingerprint density at radius 1 is 1.05 bits per heavy atom. The Morgan fingerprint density at radius 3 is 2.43 bits per heavy atom. The van der Waals surface area contributed by atoms with E-state index in [4.69, 9.17) is 9.72 Å². The fourth-order valence-corrected chi connectivity index (χ4v) is 4.13. The number of carbonyl (C=O) groups excluding carboxylic acids is 2. The Hall–Kier alpha value is -3.69. The zero-order valence-corrected chi connectivity index (χ0v) is 21.8. The minimum atomic E-state index is -0.306. The van der Waals surface area contributed by atoms with Crippen LogP contribution in [0.15, 0.2) is 60.8 Å². The average Bonchev–Trinajstić information content (AvgIpc) is 3.31. The lowest BCUT2D eigenvalue weighted by Gasteiger charge is -2.30. The lowest BCUT2D eigenvalue weighted by atomic mass is 10.2. The first kappa shape index (κ1) is 26.4. The zero-order chi connectivity index (χ0) is 26.2. The number of aromatic nitrogens is 2. The number of amides is 3. The quantitative estimate of drug-likeness (QED) is 0.465. The Balaban J connectivity index is 1.52. The summed E-state index contributed by atoms with van der Waals surface area (Å²) in [7, 11) is 0. The molecule has 0 bridgehead atoms. The molecule has 3 amide bonds. The second-order valence-electron chi connectivity index (χ2n) is 9.55. The largest absolute Gasteiger partial charge is 0.379 e. The fraction of sp³-hybridized carbons (Fsp3) is 0.393. The second-order valence-corrected chi connectivity index (χ2v) is 9.55. The maximum atomic E-state index is 13.2. The molecule has 3 aromatic rings. The highest BCUT2D eigenvalue weighted by atomic mass is 16.5. The van der Waals surface area contributed by atoms with E-state index < -0.39 is 0 Å². The topological polar surface area (TPSA) is 91.7 Å². The Morgan fingerprint density at radius 2 is 1.76 bits per heavy atom. The van der Waals surface area contributed by atoms with E-state index in [0.29, 0.717) is 32.3 Å². The molecule has 1 aromatic heterocycles. The number of carbonyl (C=O) groups is 2. The minimum absolute atomic E-state index is 0.0321. The second kappa shape index (κ2) is 12.5. The summed E-state index contributed by atoms with van der Waals surface area (Å²) in [6.07, 6.45) is 1.91. The molecule has 0 saturated carbocycles. The monoisotopic (exact) mass is 504 g/mol. The number of nitrogens with one attached hydrogen (secondary N) is 2. The van der Waals surface area contributed by atoms with Crippen LogP contribution in [0.3, 0.4) is 0 Å². The highest BCUT2D eigenvalue weighted by molar-refractivity contribution is 5.93. The lowest BCUT2D eigenvalue weighted by molar-refractivity contribution is -0.116. The maximum Gasteiger partial charge on any atom is 0.318 e. The first-order valence-electron chi connectivity index (χ1n) is 12.8. The molecule has 1 aliphatic rings. The van der Waals surface area contributed by atoms with Crippen LogP contribution in [0.25, 0.3) is 16.9 Å². The number of nitrogens with zero attached hydrogens (tertiary/aromatic N) is 4. The molecule has 2 aromatic carbocycles. The summed E-state index contributed by atoms with van der Waals surface area (Å²) in [6.45, 7) is 9.89. The van der Waals surface area contributed by atoms with E-state index >= 15 is 0 Å². The molecule has 0 spiro atoms. The molecule has 196 valence electrons. The van der Waals surface area contributed by atoms with Crippen molar-refractivity contribution in [3.63, 3.8) is 0 Å². The van der Waals surface area contributed by atoms with Crippen molar-refractivity contribution in [1.82, 2.24) is 24.7 Å². The normalized spacial score (nSPS) is 13.9. The third kappa shape index (κ3) is 7.41. The van der Waals surface area contributed by atoms with Gasteiger partial charge in [-0.1, -0.05) is 48.0 Å². The first-order valence-corrected chi connectivity index (χ1v) is 12.8. The van der Waals surface area contributed by atoms with Gasteiger partial charge < -0.3 is 15.0 Å². The predicted octanol–water partition coefficient (Wildman–Crippen LogP) is 3.54. The van der Waals surface area contributed by atoms with Gasteiger partial charge in [0.15, 0.2) is 0 Å². The van der Waals surface area contributed by atoms with Gasteiger partial charge >= 0.3 is 6.03 Å². The molecule has 1 aliphatic heterocycles. The Kier molecular flexibility index (Phi) is 8.92. The van der Waals surface area contributed by atoms with Crippen LogP contribution in [0.4, 0.5) is 10.7 Å². The van der Waals surface area contributed by atoms with Crippen molar-refractivity contribution in [2.24, 2.45) is 0 Å². The van der Waals surface area contributed by atoms with Crippen molar-refractivity contribution in [2.45, 2.75) is 26.8 Å². The van der Waals surface area contributed by atoms with Crippen LogP contribution in [0.1, 0.15) is 19.4 Å². The van der Waals surface area contributed by atoms with Crippen molar-refractivity contribution >= 4 is 17.9 Å². The Labute approximate surface area is 218 Å². The molecule has 2 N–H and O–H groups in total. The number of aryl methyl sites for hydroxylation is 1. The van der Waals surface area contributed by atoms with Crippen LogP contribution in [0.2, 0.25) is 0 Å². The van der Waals surface area contributed by atoms with Crippen LogP contribution < -0.4 is 10.6 Å². The van der Waals surface area contributed by atoms with Crippen LogP contribution >= 0.6 is 0 Å². The van der Waals surface area contributed by atoms with Gasteiger partial charge in [-0.15, -0.1) is 0 Å². The molecule has 0 aliphatic carbocycles. The van der Waals surface area contributed by atoms with Crippen molar-refractivity contribution in [3.05, 3.63) is 66.4 Å². The molecule has 9 nitrogen and oxygen atoms in total. The molecule has 37 heavy (non-hydrogen) atoms. The average molecular weight is 505 g/mol. The van der Waals surface area contributed by atoms with E-state index in [1.807, 2.05) is 86.1 Å². The van der Waals surface area contributed by atoms with Crippen molar-refractivity contribution in [1.29, 1.82) is 0 Å². The molecule has 1 saturated heterocycles. The molecule has 0 unspecified atom stereocenters. The van der Waals surface area contributed by atoms with Gasteiger partial charge in [0.1, 0.15) is 6.54 Å². The number of urea groups is 1. The summed E-state index contributed by atoms with van der Waals surface area (Å²) in [5, 5.41) is 5.86. The summed E-state index contributed by atoms with van der Waals surface area (Å²) in [5.41, 5.74) is 3.73. The molecule has 0 radical (unpaired) electrons. The molecular weight excluding hydrogens is 468 g/mol. The van der Waals surface area contributed by atoms with Crippen LogP contribution in [0.5, 0.6) is 0 Å². The SMILES string of the molecule is Cc1ccc(-n2cc(-c3ccccc3)nc2NC(=O)CN(CCN2CCOCC2)C(=O)NC(C)C)cc1. The van der Waals surface area contributed by atoms with E-state index in [9.17, 15) is 9.59 Å². The molecule has 9 heteroatoms. The van der Waals surface area contributed by atoms with Crippen molar-refractivity contribution in [3.8, 4) is 16.9 Å². The van der Waals surface area contributed by atoms with Gasteiger partial charge in [-0.3, -0.25) is 19.6 Å². The number of benzene rings is 2. The van der Waals surface area contributed by atoms with Gasteiger partial charge in [0.2, 0.25) is 11.9 Å². The van der Waals surface area contributed by atoms with E-state index in [1.165, 1.54) is 0 Å². The number of rotatable bonds is 9. The predicted molar refractivity (Wildman–Crippen MR) is 145 cm³/mol. The van der Waals surface area contributed by atoms with Gasteiger partial charge in [0.25, 0.3) is 0 Å². The van der Waals surface area contributed by atoms with Gasteiger partial charge in [0.05, 0.1) is 18.9 Å². The summed E-state index contributed by atoms with van der Waals surface area (Å²) in [4.78, 5) is 34.7. The molecule has 2 heterocycles. The number of anilines is 1. The standard InChI is InChI=1S/C28H36N6O3/c1-21(2)29-28(36)33(14-13-32-15-17-37-18-16-32)20-26(35)31-27-30-25(23-7-5-4-6-8-23)19-34(27)24-11-9-22(3)10-12-24/h4-12,19,21H,13-18,20H2,1-3H3,(H,29,36)(H,30,31,35). The van der Waals surface area contributed by atoms with Gasteiger partial charge in [-0.25, -0.2) is 9.78 Å². The third-order valence-electron chi connectivity index (χ3n) is 6.16. The van der Waals surface area contributed by atoms with E-state index in [-0.39, 0.29) is 24.5 Å². The lowest BCUT2D eigenvalue weighted by Crippen LogP contribution is -2.50. The fourth-order valence-electron chi connectivity index (χ4n) is 4.13. The minimum Gasteiger partial charge on any atom is -0.379 e. The highest BCUT2D eigenvalue weighted by Gasteiger charge is 2.21. The Bertz CT molecular complexity index is 1170. The number of imidazole rings is 1. The molecule has 4 rings (SSSR count). The summed E-state index contributed by atoms with van der Waals surface area (Å²) in [5.74, 6) is 0.101. The number of hydrogen-bond acceptors (Lipinski definition) is 5. The first-order chi connectivity index (χ1) is 17.9. The van der Waals surface area contributed by atoms with Crippen molar-refractivity contribution < 1.29 is 14.3 Å². The molecular formula is C28H36N6O3. The number of morpholine rings is 1. The van der Waals surface area contributed by atoms with E-state index in [2.05, 4.69) is 15.5 Å². The van der Waals surface area contributed by atoms with Crippen LogP contribution in [-0.4, -0.2) is 83.3 Å². The smallest absolute Gasteiger partial charge is 0.318 e. The van der Waals surface area contributed by atoms with Crippen molar-refractivity contribution in [2.75, 3.05) is 51.3 Å². The van der Waals surface area contributed by atoms with E-state index in [1.54, 1.807) is 4.90 Å². The van der Waals surface area contributed by atoms with E-state index in [0.717, 1.165) is 35.6 Å². The summed E-state index contributed by atoms with van der Waals surface area (Å²) in [6, 6.07) is 17.6. The summed E-state index contributed by atoms with van der Waals surface area (Å²) >= 11 is 0. The summed E-state index contributed by atoms with van der Waals surface area (Å²) < 4.78 is 7.28. The molecule has 1 fully saturated rings. The number of ether oxygens (including phenoxy) is 1. The van der Waals surface area contributed by atoms with Gasteiger partial charge in [-0.2, -0.15) is 0 Å². The van der Waals surface area contributed by atoms with Crippen LogP contribution in [-0.2, 0) is 9.53 Å². The van der Waals surface area contributed by atoms with Gasteiger partial charge in [0, 0.05) is 49.7 Å². The van der Waals surface area contributed by atoms with Crippen LogP contribution in [0, 0.1) is 6.92 Å². The number of hydrogen-bond donors (Lipinski definition) is 2. The zero-order valence-electron chi connectivity index (χ0n) is 21.8. The van der Waals surface area contributed by atoms with Gasteiger partial charge in [-0.05, 0) is 32.9 Å². The maximum absolute atomic E-state index is 13.2. The third-order valence-corrected chi connectivity index (χ3v) is 6.16.